The molecule has 0 radical (unpaired) electrons. The van der Waals surface area contributed by atoms with Crippen LogP contribution in [0.15, 0.2) is 0 Å². The molecular formula is C16H29N3O2. The Balaban J connectivity index is 1.53. The van der Waals surface area contributed by atoms with Gasteiger partial charge in [-0.3, -0.25) is 9.69 Å². The molecule has 0 amide bonds. The molecule has 0 aromatic rings. The maximum Gasteiger partial charge on any atom is 0.324 e. The zero-order valence-electron chi connectivity index (χ0n) is 13.2. The minimum absolute atomic E-state index is 0.279. The molecule has 0 bridgehead atoms. The van der Waals surface area contributed by atoms with E-state index < -0.39 is 11.5 Å². The normalized spacial score (nSPS) is 37.8. The van der Waals surface area contributed by atoms with E-state index in [4.69, 9.17) is 0 Å². The summed E-state index contributed by atoms with van der Waals surface area (Å²) in [6, 6.07) is 0.760. The van der Waals surface area contributed by atoms with E-state index in [1.54, 1.807) is 0 Å². The number of nitrogens with zero attached hydrogens (tertiary/aromatic N) is 2. The molecule has 2 N–H and O–H groups in total. The first-order valence-electron chi connectivity index (χ1n) is 8.54. The summed E-state index contributed by atoms with van der Waals surface area (Å²) in [5.41, 5.74) is -0.671. The molecule has 3 fully saturated rings. The van der Waals surface area contributed by atoms with Gasteiger partial charge in [-0.15, -0.1) is 0 Å². The van der Waals surface area contributed by atoms with Gasteiger partial charge in [0.25, 0.3) is 0 Å². The smallest absolute Gasteiger partial charge is 0.324 e. The van der Waals surface area contributed by atoms with E-state index in [1.165, 1.54) is 32.5 Å². The van der Waals surface area contributed by atoms with Crippen LogP contribution >= 0.6 is 0 Å². The van der Waals surface area contributed by atoms with E-state index in [0.29, 0.717) is 0 Å². The molecule has 5 nitrogen and oxygen atoms in total. The van der Waals surface area contributed by atoms with Crippen LogP contribution < -0.4 is 5.32 Å². The third-order valence-electron chi connectivity index (χ3n) is 6.11. The van der Waals surface area contributed by atoms with Crippen LogP contribution in [0.25, 0.3) is 0 Å². The van der Waals surface area contributed by atoms with E-state index >= 15 is 0 Å². The van der Waals surface area contributed by atoms with Crippen LogP contribution in [-0.2, 0) is 4.79 Å². The van der Waals surface area contributed by atoms with Crippen molar-refractivity contribution >= 4 is 5.97 Å². The predicted octanol–water partition coefficient (Wildman–Crippen LogP) is 0.999. The lowest BCUT2D eigenvalue weighted by molar-refractivity contribution is -0.146. The van der Waals surface area contributed by atoms with Gasteiger partial charge in [-0.05, 0) is 58.2 Å². The number of piperazine rings is 1. The fourth-order valence-corrected chi connectivity index (χ4v) is 4.78. The molecule has 1 saturated carbocycles. The van der Waals surface area contributed by atoms with Crippen LogP contribution in [0.2, 0.25) is 0 Å². The Morgan fingerprint density at radius 1 is 1.29 bits per heavy atom. The average molecular weight is 295 g/mol. The molecule has 5 heteroatoms. The van der Waals surface area contributed by atoms with Gasteiger partial charge in [0.05, 0.1) is 0 Å². The highest BCUT2D eigenvalue weighted by molar-refractivity contribution is 5.79. The molecule has 1 aliphatic carbocycles. The summed E-state index contributed by atoms with van der Waals surface area (Å²) in [6.45, 7) is 5.88. The van der Waals surface area contributed by atoms with Gasteiger partial charge in [0.1, 0.15) is 5.54 Å². The van der Waals surface area contributed by atoms with Crippen molar-refractivity contribution in [3.63, 3.8) is 0 Å². The number of rotatable bonds is 5. The van der Waals surface area contributed by atoms with Gasteiger partial charge in [0.2, 0.25) is 0 Å². The van der Waals surface area contributed by atoms with Crippen LogP contribution in [0, 0.1) is 5.92 Å². The minimum atomic E-state index is -0.671. The number of carbonyl (C=O) groups is 1. The number of carboxylic acid groups (broad SMARTS) is 1. The third kappa shape index (κ3) is 2.83. The Morgan fingerprint density at radius 2 is 2.14 bits per heavy atom. The van der Waals surface area contributed by atoms with Crippen molar-refractivity contribution in [1.82, 2.24) is 15.1 Å². The van der Waals surface area contributed by atoms with E-state index in [1.807, 2.05) is 7.05 Å². The topological polar surface area (TPSA) is 55.8 Å². The number of nitrogens with one attached hydrogen (secondary N) is 1. The number of aliphatic carboxylic acids is 1. The van der Waals surface area contributed by atoms with E-state index in [-0.39, 0.29) is 5.92 Å². The molecule has 0 aromatic heterocycles. The van der Waals surface area contributed by atoms with Crippen molar-refractivity contribution in [3.05, 3.63) is 0 Å². The summed E-state index contributed by atoms with van der Waals surface area (Å²) < 4.78 is 0. The summed E-state index contributed by atoms with van der Waals surface area (Å²) in [4.78, 5) is 16.9. The van der Waals surface area contributed by atoms with Gasteiger partial charge in [0.15, 0.2) is 0 Å². The first-order chi connectivity index (χ1) is 10.2. The monoisotopic (exact) mass is 295 g/mol. The first kappa shape index (κ1) is 15.3. The van der Waals surface area contributed by atoms with Gasteiger partial charge in [-0.25, -0.2) is 0 Å². The largest absolute Gasteiger partial charge is 0.480 e. The molecular weight excluding hydrogens is 266 g/mol. The standard InChI is InChI=1S/C16H29N3O2/c1-17-16(15(20)21)7-2-4-13(16)6-9-18-10-11-19-8-3-5-14(19)12-18/h13-14,17H,2-12H2,1H3,(H,20,21). The third-order valence-corrected chi connectivity index (χ3v) is 6.11. The van der Waals surface area contributed by atoms with Crippen LogP contribution in [-0.4, -0.2) is 72.2 Å². The van der Waals surface area contributed by atoms with Crippen molar-refractivity contribution < 1.29 is 9.90 Å². The van der Waals surface area contributed by atoms with Crippen molar-refractivity contribution in [2.75, 3.05) is 39.8 Å². The second-order valence-electron chi connectivity index (χ2n) is 7.04. The average Bonchev–Trinajstić information content (AvgIpc) is 3.11. The molecule has 2 aliphatic heterocycles. The summed E-state index contributed by atoms with van der Waals surface area (Å²) in [7, 11) is 1.81. The number of fused-ring (bicyclic) bond motifs is 1. The van der Waals surface area contributed by atoms with Crippen LogP contribution in [0.3, 0.4) is 0 Å². The Labute approximate surface area is 127 Å². The van der Waals surface area contributed by atoms with Gasteiger partial charge >= 0.3 is 5.97 Å². The summed E-state index contributed by atoms with van der Waals surface area (Å²) in [5.74, 6) is -0.380. The molecule has 3 unspecified atom stereocenters. The zero-order chi connectivity index (χ0) is 14.9. The number of carboxylic acids is 1. The summed E-state index contributed by atoms with van der Waals surface area (Å²) in [5, 5.41) is 12.7. The van der Waals surface area contributed by atoms with Gasteiger partial charge < -0.3 is 15.3 Å². The molecule has 2 heterocycles. The molecule has 3 atom stereocenters. The second kappa shape index (κ2) is 6.23. The van der Waals surface area contributed by atoms with Crippen LogP contribution in [0.1, 0.15) is 38.5 Å². The number of hydrogen-bond donors (Lipinski definition) is 2. The maximum absolute atomic E-state index is 11.7. The van der Waals surface area contributed by atoms with E-state index in [0.717, 1.165) is 44.8 Å². The molecule has 3 rings (SSSR count). The van der Waals surface area contributed by atoms with Crippen molar-refractivity contribution in [2.24, 2.45) is 5.92 Å². The Bertz CT molecular complexity index is 390. The van der Waals surface area contributed by atoms with Crippen molar-refractivity contribution in [1.29, 1.82) is 0 Å². The van der Waals surface area contributed by atoms with E-state index in [2.05, 4.69) is 15.1 Å². The molecule has 0 aromatic carbocycles. The molecule has 2 saturated heterocycles. The zero-order valence-corrected chi connectivity index (χ0v) is 13.2. The van der Waals surface area contributed by atoms with Gasteiger partial charge in [0, 0.05) is 25.7 Å². The quantitative estimate of drug-likeness (QED) is 0.792. The molecule has 3 aliphatic rings. The first-order valence-corrected chi connectivity index (χ1v) is 8.54. The fourth-order valence-electron chi connectivity index (χ4n) is 4.78. The lowest BCUT2D eigenvalue weighted by Crippen LogP contribution is -2.54. The highest BCUT2D eigenvalue weighted by atomic mass is 16.4. The van der Waals surface area contributed by atoms with Gasteiger partial charge in [-0.2, -0.15) is 0 Å². The van der Waals surface area contributed by atoms with Crippen molar-refractivity contribution in [2.45, 2.75) is 50.1 Å². The van der Waals surface area contributed by atoms with Gasteiger partial charge in [-0.1, -0.05) is 6.42 Å². The summed E-state index contributed by atoms with van der Waals surface area (Å²) in [6.07, 6.45) is 6.57. The molecule has 120 valence electrons. The van der Waals surface area contributed by atoms with E-state index in [9.17, 15) is 9.90 Å². The minimum Gasteiger partial charge on any atom is -0.480 e. The number of likely N-dealkylation sites (N-methyl/N-ethyl adjacent to an activating group) is 1. The predicted molar refractivity (Wildman–Crippen MR) is 82.4 cm³/mol. The molecule has 0 spiro atoms. The fraction of sp³-hybridized carbons (Fsp3) is 0.938. The lowest BCUT2D eigenvalue weighted by atomic mass is 9.84. The maximum atomic E-state index is 11.7. The Kier molecular flexibility index (Phi) is 4.52. The van der Waals surface area contributed by atoms with Crippen molar-refractivity contribution in [3.8, 4) is 0 Å². The highest BCUT2D eigenvalue weighted by Gasteiger charge is 2.47. The van der Waals surface area contributed by atoms with Crippen LogP contribution in [0.5, 0.6) is 0 Å². The van der Waals surface area contributed by atoms with Crippen LogP contribution in [0.4, 0.5) is 0 Å². The Hall–Kier alpha value is -0.650. The Morgan fingerprint density at radius 3 is 2.90 bits per heavy atom. The SMILES string of the molecule is CNC1(C(=O)O)CCCC1CCN1CCN2CCCC2C1. The number of hydrogen-bond acceptors (Lipinski definition) is 4. The summed E-state index contributed by atoms with van der Waals surface area (Å²) >= 11 is 0. The second-order valence-corrected chi connectivity index (χ2v) is 7.04. The highest BCUT2D eigenvalue weighted by Crippen LogP contribution is 2.38. The lowest BCUT2D eigenvalue weighted by Gasteiger charge is -2.39. The molecule has 21 heavy (non-hydrogen) atoms.